The van der Waals surface area contributed by atoms with E-state index in [1.807, 2.05) is 24.3 Å². The highest BCUT2D eigenvalue weighted by Gasteiger charge is 2.38. The number of carbonyl (C=O) groups excluding carboxylic acids is 2. The molecule has 3 aromatic carbocycles. The van der Waals surface area contributed by atoms with Crippen LogP contribution >= 0.6 is 0 Å². The monoisotopic (exact) mass is 488 g/mol. The lowest BCUT2D eigenvalue weighted by atomic mass is 9.84. The number of ether oxygens (including phenoxy) is 6. The van der Waals surface area contributed by atoms with Gasteiger partial charge in [0.15, 0.2) is 17.3 Å². The highest BCUT2D eigenvalue weighted by molar-refractivity contribution is 6.15. The van der Waals surface area contributed by atoms with Crippen molar-refractivity contribution in [3.05, 3.63) is 76.5 Å². The number of benzene rings is 3. The van der Waals surface area contributed by atoms with Gasteiger partial charge >= 0.3 is 5.97 Å². The molecule has 0 amide bonds. The number of fused-ring (bicyclic) bond motifs is 3. The molecule has 184 valence electrons. The number of esters is 1. The summed E-state index contributed by atoms with van der Waals surface area (Å²) >= 11 is 0. The fourth-order valence-corrected chi connectivity index (χ4v) is 4.53. The number of allylic oxidation sites excluding steroid dienone is 1. The molecular weight excluding hydrogens is 464 g/mol. The van der Waals surface area contributed by atoms with E-state index in [-0.39, 0.29) is 29.9 Å². The van der Waals surface area contributed by atoms with E-state index in [0.29, 0.717) is 51.2 Å². The normalized spacial score (nSPS) is 17.1. The molecule has 3 aromatic rings. The minimum Gasteiger partial charge on any atom is -0.497 e. The Balaban J connectivity index is 1.59. The molecule has 0 aromatic heterocycles. The molecule has 2 aliphatic rings. The summed E-state index contributed by atoms with van der Waals surface area (Å²) in [5.41, 5.74) is 2.53. The molecule has 0 radical (unpaired) electrons. The maximum Gasteiger partial charge on any atom is 0.312 e. The highest BCUT2D eigenvalue weighted by Crippen LogP contribution is 2.49. The van der Waals surface area contributed by atoms with E-state index in [4.69, 9.17) is 28.4 Å². The van der Waals surface area contributed by atoms with E-state index in [1.54, 1.807) is 37.5 Å². The minimum atomic E-state index is -0.349. The van der Waals surface area contributed by atoms with Gasteiger partial charge in [0.2, 0.25) is 5.78 Å². The van der Waals surface area contributed by atoms with Gasteiger partial charge in [-0.3, -0.25) is 9.59 Å². The Morgan fingerprint density at radius 1 is 0.806 bits per heavy atom. The van der Waals surface area contributed by atoms with Crippen LogP contribution in [-0.2, 0) is 4.79 Å². The molecule has 36 heavy (non-hydrogen) atoms. The molecule has 0 N–H and O–H groups in total. The van der Waals surface area contributed by atoms with E-state index in [0.717, 1.165) is 5.56 Å². The predicted octanol–water partition coefficient (Wildman–Crippen LogP) is 4.78. The van der Waals surface area contributed by atoms with Crippen LogP contribution < -0.4 is 28.4 Å². The van der Waals surface area contributed by atoms with Gasteiger partial charge in [-0.2, -0.15) is 0 Å². The second kappa shape index (κ2) is 9.30. The van der Waals surface area contributed by atoms with E-state index in [2.05, 4.69) is 0 Å². The lowest BCUT2D eigenvalue weighted by molar-refractivity contribution is -0.135. The maximum atomic E-state index is 13.3. The minimum absolute atomic E-state index is 0.120. The summed E-state index contributed by atoms with van der Waals surface area (Å²) in [5.74, 6) is 2.08. The molecule has 0 spiro atoms. The molecule has 8 heteroatoms. The second-order valence-corrected chi connectivity index (χ2v) is 8.25. The summed E-state index contributed by atoms with van der Waals surface area (Å²) in [4.78, 5) is 25.7. The van der Waals surface area contributed by atoms with Crippen molar-refractivity contribution in [2.45, 2.75) is 12.3 Å². The van der Waals surface area contributed by atoms with Gasteiger partial charge in [-0.1, -0.05) is 12.1 Å². The summed E-state index contributed by atoms with van der Waals surface area (Å²) in [6.45, 7) is 0. The van der Waals surface area contributed by atoms with Crippen LogP contribution in [0.5, 0.6) is 34.5 Å². The Hall–Kier alpha value is -4.46. The second-order valence-electron chi connectivity index (χ2n) is 8.25. The largest absolute Gasteiger partial charge is 0.497 e. The molecule has 0 saturated heterocycles. The molecule has 0 saturated carbocycles. The van der Waals surface area contributed by atoms with E-state index in [9.17, 15) is 9.59 Å². The third-order valence-corrected chi connectivity index (χ3v) is 6.32. The van der Waals surface area contributed by atoms with E-state index in [1.165, 1.54) is 21.3 Å². The first-order chi connectivity index (χ1) is 17.5. The third-order valence-electron chi connectivity index (χ3n) is 6.32. The zero-order valence-corrected chi connectivity index (χ0v) is 20.2. The average Bonchev–Trinajstić information content (AvgIpc) is 3.22. The van der Waals surface area contributed by atoms with Crippen LogP contribution in [0.1, 0.15) is 39.4 Å². The molecule has 0 bridgehead atoms. The Kier molecular flexibility index (Phi) is 6.01. The molecule has 2 aliphatic heterocycles. The standard InChI is InChI=1S/C28H24O8/c1-31-17-7-5-15(6-8-17)19-13-25(29)35-20-10-9-18-27(30)24(36-28(18)26(19)20)12-16-11-22(33-3)23(34-4)14-21(16)32-2/h5-12,14,19H,13H2,1-4H3. The summed E-state index contributed by atoms with van der Waals surface area (Å²) in [6.07, 6.45) is 1.72. The number of Topliss-reactive ketones (excluding diaryl/α,β-unsaturated/α-hetero) is 1. The number of ketones is 1. The van der Waals surface area contributed by atoms with Crippen molar-refractivity contribution in [2.75, 3.05) is 28.4 Å². The molecule has 0 fully saturated rings. The molecule has 1 atom stereocenters. The zero-order chi connectivity index (χ0) is 25.4. The Morgan fingerprint density at radius 3 is 2.17 bits per heavy atom. The maximum absolute atomic E-state index is 13.3. The van der Waals surface area contributed by atoms with E-state index < -0.39 is 0 Å². The van der Waals surface area contributed by atoms with Crippen molar-refractivity contribution in [1.82, 2.24) is 0 Å². The number of carbonyl (C=O) groups is 2. The molecule has 2 heterocycles. The van der Waals surface area contributed by atoms with Gasteiger partial charge in [0.1, 0.15) is 23.0 Å². The van der Waals surface area contributed by atoms with Crippen molar-refractivity contribution in [3.63, 3.8) is 0 Å². The SMILES string of the molecule is COc1ccc(C2CC(=O)Oc3ccc4c(c32)OC(=Cc2cc(OC)c(OC)cc2OC)C4=O)cc1. The van der Waals surface area contributed by atoms with Crippen molar-refractivity contribution in [2.24, 2.45) is 0 Å². The van der Waals surface area contributed by atoms with Crippen LogP contribution in [0.4, 0.5) is 0 Å². The number of rotatable bonds is 6. The van der Waals surface area contributed by atoms with Gasteiger partial charge in [0.05, 0.1) is 40.4 Å². The molecule has 1 unspecified atom stereocenters. The number of methoxy groups -OCH3 is 4. The summed E-state index contributed by atoms with van der Waals surface area (Å²) in [6, 6.07) is 14.1. The topological polar surface area (TPSA) is 89.5 Å². The third kappa shape index (κ3) is 3.90. The van der Waals surface area contributed by atoms with Gasteiger partial charge in [0, 0.05) is 23.1 Å². The van der Waals surface area contributed by atoms with Gasteiger partial charge < -0.3 is 28.4 Å². The van der Waals surface area contributed by atoms with Crippen LogP contribution in [0.15, 0.2) is 54.3 Å². The van der Waals surface area contributed by atoms with Crippen molar-refractivity contribution >= 4 is 17.8 Å². The predicted molar refractivity (Wildman–Crippen MR) is 131 cm³/mol. The van der Waals surface area contributed by atoms with Crippen molar-refractivity contribution in [1.29, 1.82) is 0 Å². The molecule has 5 rings (SSSR count). The van der Waals surface area contributed by atoms with Crippen LogP contribution in [0, 0.1) is 0 Å². The van der Waals surface area contributed by atoms with Gasteiger partial charge in [-0.15, -0.1) is 0 Å². The first kappa shape index (κ1) is 23.3. The Bertz CT molecular complexity index is 1390. The highest BCUT2D eigenvalue weighted by atomic mass is 16.5. The van der Waals surface area contributed by atoms with Gasteiger partial charge in [-0.25, -0.2) is 0 Å². The Labute approximate surface area is 207 Å². The van der Waals surface area contributed by atoms with E-state index >= 15 is 0 Å². The summed E-state index contributed by atoms with van der Waals surface area (Å²) in [7, 11) is 6.18. The van der Waals surface area contributed by atoms with Gasteiger partial charge in [-0.05, 0) is 42.0 Å². The molecule has 8 nitrogen and oxygen atoms in total. The summed E-state index contributed by atoms with van der Waals surface area (Å²) < 4.78 is 33.2. The first-order valence-electron chi connectivity index (χ1n) is 11.2. The molecular formula is C28H24O8. The molecule has 0 aliphatic carbocycles. The van der Waals surface area contributed by atoms with Crippen molar-refractivity contribution < 1.29 is 38.0 Å². The van der Waals surface area contributed by atoms with Crippen LogP contribution in [0.25, 0.3) is 6.08 Å². The van der Waals surface area contributed by atoms with Crippen molar-refractivity contribution in [3.8, 4) is 34.5 Å². The van der Waals surface area contributed by atoms with Crippen LogP contribution in [0.2, 0.25) is 0 Å². The average molecular weight is 488 g/mol. The quantitative estimate of drug-likeness (QED) is 0.278. The fraction of sp³-hybridized carbons (Fsp3) is 0.214. The van der Waals surface area contributed by atoms with Crippen LogP contribution in [-0.4, -0.2) is 40.2 Å². The lowest BCUT2D eigenvalue weighted by Gasteiger charge is -2.26. The fourth-order valence-electron chi connectivity index (χ4n) is 4.53. The van der Waals surface area contributed by atoms with Crippen LogP contribution in [0.3, 0.4) is 0 Å². The summed E-state index contributed by atoms with van der Waals surface area (Å²) in [5, 5.41) is 0. The lowest BCUT2D eigenvalue weighted by Crippen LogP contribution is -2.21. The smallest absolute Gasteiger partial charge is 0.312 e. The van der Waals surface area contributed by atoms with Gasteiger partial charge in [0.25, 0.3) is 0 Å². The number of hydrogen-bond acceptors (Lipinski definition) is 8. The Morgan fingerprint density at radius 2 is 1.50 bits per heavy atom. The number of hydrogen-bond donors (Lipinski definition) is 0. The first-order valence-corrected chi connectivity index (χ1v) is 11.2. The zero-order valence-electron chi connectivity index (χ0n) is 20.2.